The van der Waals surface area contributed by atoms with Crippen LogP contribution < -0.4 is 16.6 Å². The maximum absolute atomic E-state index is 13.3. The molecule has 7 nitrogen and oxygen atoms in total. The summed E-state index contributed by atoms with van der Waals surface area (Å²) < 4.78 is 13.3. The number of nitrogen functional groups attached to an aromatic ring is 1. The van der Waals surface area contributed by atoms with E-state index in [0.29, 0.717) is 27.6 Å². The van der Waals surface area contributed by atoms with Crippen LogP contribution in [0.3, 0.4) is 0 Å². The Bertz CT molecular complexity index is 773. The van der Waals surface area contributed by atoms with Gasteiger partial charge in [0.2, 0.25) is 5.95 Å². The Hall–Kier alpha value is -2.45. The van der Waals surface area contributed by atoms with Crippen LogP contribution in [0.5, 0.6) is 0 Å². The maximum atomic E-state index is 13.3. The van der Waals surface area contributed by atoms with Gasteiger partial charge in [-0.1, -0.05) is 11.6 Å². The lowest BCUT2D eigenvalue weighted by molar-refractivity contribution is 0.628. The van der Waals surface area contributed by atoms with Crippen LogP contribution in [0.15, 0.2) is 24.4 Å². The summed E-state index contributed by atoms with van der Waals surface area (Å²) in [4.78, 5) is 8.24. The summed E-state index contributed by atoms with van der Waals surface area (Å²) in [5.74, 6) is 5.49. The number of aromatic nitrogens is 4. The molecule has 5 N–H and O–H groups in total. The van der Waals surface area contributed by atoms with E-state index in [4.69, 9.17) is 17.4 Å². The van der Waals surface area contributed by atoms with Crippen molar-refractivity contribution in [2.45, 2.75) is 0 Å². The first-order valence-corrected chi connectivity index (χ1v) is 5.95. The molecule has 0 fully saturated rings. The van der Waals surface area contributed by atoms with Gasteiger partial charge in [0.1, 0.15) is 11.6 Å². The molecule has 0 aliphatic heterocycles. The molecule has 20 heavy (non-hydrogen) atoms. The molecule has 0 bridgehead atoms. The molecule has 0 aliphatic carbocycles. The van der Waals surface area contributed by atoms with E-state index < -0.39 is 5.82 Å². The molecule has 0 aliphatic rings. The molecule has 0 saturated heterocycles. The molecular weight excluding hydrogens is 285 g/mol. The number of hydrogen-bond donors (Lipinski definition) is 4. The molecule has 0 spiro atoms. The first-order chi connectivity index (χ1) is 9.67. The topological polar surface area (TPSA) is 105 Å². The van der Waals surface area contributed by atoms with Crippen molar-refractivity contribution in [2.75, 3.05) is 10.7 Å². The Balaban J connectivity index is 2.09. The highest BCUT2D eigenvalue weighted by molar-refractivity contribution is 6.33. The fourth-order valence-corrected chi connectivity index (χ4v) is 1.88. The number of hydrogen-bond acceptors (Lipinski definition) is 6. The van der Waals surface area contributed by atoms with Crippen molar-refractivity contribution in [3.8, 4) is 0 Å². The van der Waals surface area contributed by atoms with Crippen LogP contribution in [0, 0.1) is 5.82 Å². The second-order valence-electron chi connectivity index (χ2n) is 3.92. The Labute approximate surface area is 117 Å². The van der Waals surface area contributed by atoms with Crippen LogP contribution in [-0.2, 0) is 0 Å². The Morgan fingerprint density at radius 1 is 1.30 bits per heavy atom. The number of anilines is 3. The van der Waals surface area contributed by atoms with Gasteiger partial charge >= 0.3 is 0 Å². The highest BCUT2D eigenvalue weighted by atomic mass is 35.5. The van der Waals surface area contributed by atoms with Crippen molar-refractivity contribution in [3.63, 3.8) is 0 Å². The van der Waals surface area contributed by atoms with Gasteiger partial charge in [0.25, 0.3) is 0 Å². The van der Waals surface area contributed by atoms with E-state index in [-0.39, 0.29) is 5.95 Å². The third-order valence-corrected chi connectivity index (χ3v) is 2.95. The van der Waals surface area contributed by atoms with E-state index in [1.807, 2.05) is 0 Å². The quantitative estimate of drug-likeness (QED) is 0.436. The van der Waals surface area contributed by atoms with E-state index in [0.717, 1.165) is 0 Å². The predicted octanol–water partition coefficient (Wildman–Crippen LogP) is 2.17. The lowest BCUT2D eigenvalue weighted by Gasteiger charge is -2.09. The highest BCUT2D eigenvalue weighted by Crippen LogP contribution is 2.28. The molecule has 2 heterocycles. The lowest BCUT2D eigenvalue weighted by Crippen LogP contribution is -2.11. The fraction of sp³-hybridized carbons (Fsp3) is 0. The van der Waals surface area contributed by atoms with Crippen molar-refractivity contribution < 1.29 is 4.39 Å². The van der Waals surface area contributed by atoms with Gasteiger partial charge in [-0.25, -0.2) is 10.2 Å². The number of nitrogens with one attached hydrogen (secondary N) is 3. The van der Waals surface area contributed by atoms with Crippen LogP contribution in [0.4, 0.5) is 21.8 Å². The number of hydrazine groups is 1. The van der Waals surface area contributed by atoms with Crippen molar-refractivity contribution in [1.29, 1.82) is 0 Å². The smallest absolute Gasteiger partial charge is 0.241 e. The van der Waals surface area contributed by atoms with Crippen LogP contribution in [0.1, 0.15) is 0 Å². The summed E-state index contributed by atoms with van der Waals surface area (Å²) in [5, 5.41) is 10.5. The van der Waals surface area contributed by atoms with E-state index in [1.165, 1.54) is 18.2 Å². The molecule has 3 rings (SSSR count). The van der Waals surface area contributed by atoms with Crippen molar-refractivity contribution in [1.82, 2.24) is 20.2 Å². The summed E-state index contributed by atoms with van der Waals surface area (Å²) >= 11 is 6.01. The fourth-order valence-electron chi connectivity index (χ4n) is 1.72. The highest BCUT2D eigenvalue weighted by Gasteiger charge is 2.11. The molecule has 0 amide bonds. The number of benzene rings is 1. The summed E-state index contributed by atoms with van der Waals surface area (Å²) in [5.41, 5.74) is 3.22. The van der Waals surface area contributed by atoms with Crippen LogP contribution in [-0.4, -0.2) is 20.2 Å². The van der Waals surface area contributed by atoms with Gasteiger partial charge in [-0.3, -0.25) is 10.5 Å². The Morgan fingerprint density at radius 3 is 2.95 bits per heavy atom. The zero-order valence-electron chi connectivity index (χ0n) is 9.98. The zero-order chi connectivity index (χ0) is 14.1. The van der Waals surface area contributed by atoms with Gasteiger partial charge in [-0.05, 0) is 18.2 Å². The molecule has 102 valence electrons. The van der Waals surface area contributed by atoms with E-state index >= 15 is 0 Å². The number of H-pyrrole nitrogens is 1. The molecule has 0 atom stereocenters. The predicted molar refractivity (Wildman–Crippen MR) is 74.2 cm³/mol. The standard InChI is InChI=1S/C11H9ClFN7/c12-7-2-1-5(13)3-8(7)16-9-6-4-15-20-10(6)18-11(17-9)19-14/h1-4H,14H2,(H3,15,16,17,18,19,20). The van der Waals surface area contributed by atoms with Gasteiger partial charge in [0, 0.05) is 0 Å². The molecule has 1 aromatic carbocycles. The van der Waals surface area contributed by atoms with Crippen LogP contribution >= 0.6 is 11.6 Å². The number of halogens is 2. The number of fused-ring (bicyclic) bond motifs is 1. The van der Waals surface area contributed by atoms with Gasteiger partial charge in [-0.2, -0.15) is 15.1 Å². The van der Waals surface area contributed by atoms with Gasteiger partial charge in [0.05, 0.1) is 22.3 Å². The van der Waals surface area contributed by atoms with Crippen molar-refractivity contribution in [2.24, 2.45) is 5.84 Å². The molecule has 0 radical (unpaired) electrons. The monoisotopic (exact) mass is 293 g/mol. The third-order valence-electron chi connectivity index (χ3n) is 2.62. The molecule has 2 aromatic heterocycles. The molecular formula is C11H9ClFN7. The van der Waals surface area contributed by atoms with Crippen LogP contribution in [0.2, 0.25) is 5.02 Å². The minimum atomic E-state index is -0.411. The largest absolute Gasteiger partial charge is 0.338 e. The van der Waals surface area contributed by atoms with Crippen LogP contribution in [0.25, 0.3) is 11.0 Å². The minimum Gasteiger partial charge on any atom is -0.338 e. The summed E-state index contributed by atoms with van der Waals surface area (Å²) in [6, 6.07) is 3.99. The van der Waals surface area contributed by atoms with Crippen molar-refractivity contribution in [3.05, 3.63) is 35.2 Å². The summed E-state index contributed by atoms with van der Waals surface area (Å²) in [6.07, 6.45) is 1.55. The van der Waals surface area contributed by atoms with E-state index in [9.17, 15) is 4.39 Å². The van der Waals surface area contributed by atoms with Gasteiger partial charge in [-0.15, -0.1) is 0 Å². The normalized spacial score (nSPS) is 10.8. The van der Waals surface area contributed by atoms with E-state index in [2.05, 4.69) is 30.9 Å². The minimum absolute atomic E-state index is 0.191. The van der Waals surface area contributed by atoms with E-state index in [1.54, 1.807) is 6.20 Å². The number of nitrogens with zero attached hydrogens (tertiary/aromatic N) is 3. The lowest BCUT2D eigenvalue weighted by atomic mass is 10.3. The maximum Gasteiger partial charge on any atom is 0.241 e. The second-order valence-corrected chi connectivity index (χ2v) is 4.33. The van der Waals surface area contributed by atoms with Crippen molar-refractivity contribution >= 4 is 40.1 Å². The molecule has 9 heteroatoms. The SMILES string of the molecule is NNc1nc(Nc2cc(F)ccc2Cl)c2cn[nH]c2n1. The van der Waals surface area contributed by atoms with Gasteiger partial charge in [0.15, 0.2) is 5.65 Å². The first kappa shape index (κ1) is 12.6. The summed E-state index contributed by atoms with van der Waals surface area (Å²) in [6.45, 7) is 0. The molecule has 0 saturated carbocycles. The summed E-state index contributed by atoms with van der Waals surface area (Å²) in [7, 11) is 0. The second kappa shape index (κ2) is 4.91. The molecule has 3 aromatic rings. The van der Waals surface area contributed by atoms with Gasteiger partial charge < -0.3 is 5.32 Å². The Morgan fingerprint density at radius 2 is 2.15 bits per heavy atom. The number of nitrogens with two attached hydrogens (primary N) is 1. The first-order valence-electron chi connectivity index (χ1n) is 5.57. The zero-order valence-corrected chi connectivity index (χ0v) is 10.7. The molecule has 0 unspecified atom stereocenters. The Kier molecular flexibility index (Phi) is 3.09. The average molecular weight is 294 g/mol. The number of aromatic amines is 1. The third kappa shape index (κ3) is 2.22. The number of rotatable bonds is 3. The average Bonchev–Trinajstić information content (AvgIpc) is 2.91.